The predicted molar refractivity (Wildman–Crippen MR) is 65.8 cm³/mol. The molecule has 1 N–H and O–H groups in total. The molecular weight excluding hydrogens is 220 g/mol. The van der Waals surface area contributed by atoms with Crippen LogP contribution >= 0.6 is 12.2 Å². The summed E-state index contributed by atoms with van der Waals surface area (Å²) in [6.45, 7) is 5.57. The van der Waals surface area contributed by atoms with E-state index in [0.29, 0.717) is 12.1 Å². The average Bonchev–Trinajstić information content (AvgIpc) is 2.55. The summed E-state index contributed by atoms with van der Waals surface area (Å²) in [5, 5.41) is 4.33. The topological polar surface area (TPSA) is 27.2 Å². The van der Waals surface area contributed by atoms with E-state index in [2.05, 4.69) is 18.9 Å². The van der Waals surface area contributed by atoms with Gasteiger partial charge < -0.3 is 9.47 Å². The van der Waals surface area contributed by atoms with Crippen molar-refractivity contribution in [1.29, 1.82) is 0 Å². The van der Waals surface area contributed by atoms with Crippen LogP contribution in [0.2, 0.25) is 0 Å². The molecule has 1 fully saturated rings. The number of aryl methyl sites for hydroxylation is 1. The Kier molecular flexibility index (Phi) is 3.44. The lowest BCUT2D eigenvalue weighted by Crippen LogP contribution is -3.18. The lowest BCUT2D eigenvalue weighted by molar-refractivity contribution is -0.973. The first-order valence-electron chi connectivity index (χ1n) is 6.03. The number of rotatable bonds is 2. The maximum Gasteiger partial charge on any atom is 0.202 e. The summed E-state index contributed by atoms with van der Waals surface area (Å²) >= 11 is 5.32. The number of hydrogen-bond donors (Lipinski definition) is 1. The third-order valence-electron chi connectivity index (χ3n) is 3.76. The number of quaternary nitrogens is 1. The summed E-state index contributed by atoms with van der Waals surface area (Å²) in [4.78, 5) is 1.61. The summed E-state index contributed by atoms with van der Waals surface area (Å²) in [7, 11) is 1.95. The summed E-state index contributed by atoms with van der Waals surface area (Å²) in [5.41, 5.74) is 0. The zero-order valence-electron chi connectivity index (χ0n) is 10.3. The molecule has 0 radical (unpaired) electrons. The molecule has 0 spiro atoms. The van der Waals surface area contributed by atoms with Crippen molar-refractivity contribution in [2.24, 2.45) is 7.05 Å². The highest BCUT2D eigenvalue weighted by molar-refractivity contribution is 7.71. The fourth-order valence-electron chi connectivity index (χ4n) is 2.60. The molecule has 1 aliphatic rings. The molecule has 0 bridgehead atoms. The normalized spacial score (nSPS) is 30.6. The fraction of sp³-hybridized carbons (Fsp3) is 0.818. The molecule has 1 aromatic heterocycles. The SMILES string of the molecule is C[C@@H]1CCC[C@H](C)[NH+]1Cn1ncn(C)c1=S. The summed E-state index contributed by atoms with van der Waals surface area (Å²) in [6, 6.07) is 1.43. The molecule has 90 valence electrons. The number of piperidine rings is 1. The first-order chi connectivity index (χ1) is 7.59. The Labute approximate surface area is 102 Å². The highest BCUT2D eigenvalue weighted by Crippen LogP contribution is 2.07. The van der Waals surface area contributed by atoms with Crippen LogP contribution in [0.4, 0.5) is 0 Å². The molecule has 1 aliphatic heterocycles. The second-order valence-electron chi connectivity index (χ2n) is 4.99. The molecular formula is C11H21N4S+. The monoisotopic (exact) mass is 241 g/mol. The van der Waals surface area contributed by atoms with Crippen molar-refractivity contribution in [2.45, 2.75) is 51.9 Å². The standard InChI is InChI=1S/C11H20N4S/c1-9-5-4-6-10(2)14(9)8-15-11(16)13(3)7-12-15/h7,9-10H,4-6,8H2,1-3H3/p+1/t9-,10+. The third-order valence-corrected chi connectivity index (χ3v) is 4.26. The molecule has 0 amide bonds. The van der Waals surface area contributed by atoms with Crippen LogP contribution in [0.25, 0.3) is 0 Å². The third kappa shape index (κ3) is 2.20. The molecule has 0 aromatic carbocycles. The van der Waals surface area contributed by atoms with Gasteiger partial charge in [-0.15, -0.1) is 0 Å². The highest BCUT2D eigenvalue weighted by Gasteiger charge is 2.28. The smallest absolute Gasteiger partial charge is 0.202 e. The Bertz CT molecular complexity index is 398. The molecule has 1 unspecified atom stereocenters. The van der Waals surface area contributed by atoms with Gasteiger partial charge in [0.15, 0.2) is 6.67 Å². The van der Waals surface area contributed by atoms with E-state index in [1.807, 2.05) is 16.3 Å². The minimum atomic E-state index is 0.715. The van der Waals surface area contributed by atoms with Crippen LogP contribution in [0.5, 0.6) is 0 Å². The van der Waals surface area contributed by atoms with Gasteiger partial charge in [-0.1, -0.05) is 0 Å². The van der Waals surface area contributed by atoms with Gasteiger partial charge in [0.1, 0.15) is 6.33 Å². The van der Waals surface area contributed by atoms with E-state index >= 15 is 0 Å². The molecule has 2 rings (SSSR count). The quantitative estimate of drug-likeness (QED) is 0.774. The molecule has 1 aromatic rings. The highest BCUT2D eigenvalue weighted by atomic mass is 32.1. The molecule has 2 heterocycles. The second-order valence-corrected chi connectivity index (χ2v) is 5.36. The summed E-state index contributed by atoms with van der Waals surface area (Å²) in [6.07, 6.45) is 5.79. The fourth-order valence-corrected chi connectivity index (χ4v) is 2.76. The maximum atomic E-state index is 5.32. The number of nitrogens with one attached hydrogen (secondary N) is 1. The lowest BCUT2D eigenvalue weighted by atomic mass is 9.98. The zero-order valence-corrected chi connectivity index (χ0v) is 11.1. The minimum Gasteiger partial charge on any atom is -0.312 e. The molecule has 3 atom stereocenters. The Balaban J connectivity index is 2.14. The van der Waals surface area contributed by atoms with Crippen LogP contribution in [0, 0.1) is 4.77 Å². The van der Waals surface area contributed by atoms with Gasteiger partial charge in [0, 0.05) is 7.05 Å². The van der Waals surface area contributed by atoms with Crippen molar-refractivity contribution in [3.63, 3.8) is 0 Å². The van der Waals surface area contributed by atoms with Gasteiger partial charge in [-0.2, -0.15) is 9.78 Å². The minimum absolute atomic E-state index is 0.715. The summed E-state index contributed by atoms with van der Waals surface area (Å²) < 4.78 is 4.66. The van der Waals surface area contributed by atoms with Crippen molar-refractivity contribution < 1.29 is 4.90 Å². The Morgan fingerprint density at radius 2 is 2.06 bits per heavy atom. The summed E-state index contributed by atoms with van der Waals surface area (Å²) in [5.74, 6) is 0. The first-order valence-corrected chi connectivity index (χ1v) is 6.44. The van der Waals surface area contributed by atoms with Crippen molar-refractivity contribution in [3.05, 3.63) is 11.1 Å². The van der Waals surface area contributed by atoms with Gasteiger partial charge in [0.2, 0.25) is 4.77 Å². The van der Waals surface area contributed by atoms with E-state index in [-0.39, 0.29) is 0 Å². The first kappa shape index (κ1) is 11.8. The number of aromatic nitrogens is 3. The van der Waals surface area contributed by atoms with Crippen LogP contribution in [0.3, 0.4) is 0 Å². The van der Waals surface area contributed by atoms with Crippen LogP contribution in [0.15, 0.2) is 6.33 Å². The molecule has 0 aliphatic carbocycles. The van der Waals surface area contributed by atoms with E-state index in [1.165, 1.54) is 19.3 Å². The van der Waals surface area contributed by atoms with Crippen molar-refractivity contribution in [3.8, 4) is 0 Å². The van der Waals surface area contributed by atoms with Gasteiger partial charge in [0.25, 0.3) is 0 Å². The van der Waals surface area contributed by atoms with Gasteiger partial charge in [-0.25, -0.2) is 0 Å². The Hall–Kier alpha value is -0.680. The van der Waals surface area contributed by atoms with Crippen LogP contribution < -0.4 is 4.90 Å². The average molecular weight is 241 g/mol. The van der Waals surface area contributed by atoms with Crippen molar-refractivity contribution in [2.75, 3.05) is 0 Å². The molecule has 5 heteroatoms. The Morgan fingerprint density at radius 1 is 1.44 bits per heavy atom. The van der Waals surface area contributed by atoms with Crippen LogP contribution in [0.1, 0.15) is 33.1 Å². The van der Waals surface area contributed by atoms with Gasteiger partial charge in [-0.3, -0.25) is 0 Å². The number of nitrogens with zero attached hydrogens (tertiary/aromatic N) is 3. The van der Waals surface area contributed by atoms with Crippen LogP contribution in [-0.4, -0.2) is 26.4 Å². The van der Waals surface area contributed by atoms with Gasteiger partial charge in [-0.05, 0) is 45.3 Å². The van der Waals surface area contributed by atoms with Gasteiger partial charge in [0.05, 0.1) is 12.1 Å². The Morgan fingerprint density at radius 3 is 2.56 bits per heavy atom. The largest absolute Gasteiger partial charge is 0.312 e. The molecule has 0 saturated carbocycles. The van der Waals surface area contributed by atoms with Crippen LogP contribution in [-0.2, 0) is 13.7 Å². The van der Waals surface area contributed by atoms with E-state index in [1.54, 1.807) is 11.2 Å². The van der Waals surface area contributed by atoms with E-state index in [9.17, 15) is 0 Å². The predicted octanol–water partition coefficient (Wildman–Crippen LogP) is 0.754. The zero-order chi connectivity index (χ0) is 11.7. The van der Waals surface area contributed by atoms with E-state index in [0.717, 1.165) is 11.4 Å². The van der Waals surface area contributed by atoms with Crippen molar-refractivity contribution in [1.82, 2.24) is 14.3 Å². The maximum absolute atomic E-state index is 5.32. The number of likely N-dealkylation sites (tertiary alicyclic amines) is 1. The molecule has 4 nitrogen and oxygen atoms in total. The number of hydrogen-bond acceptors (Lipinski definition) is 2. The molecule has 1 saturated heterocycles. The lowest BCUT2D eigenvalue weighted by Gasteiger charge is -2.35. The molecule has 16 heavy (non-hydrogen) atoms. The van der Waals surface area contributed by atoms with Gasteiger partial charge >= 0.3 is 0 Å². The van der Waals surface area contributed by atoms with E-state index < -0.39 is 0 Å². The van der Waals surface area contributed by atoms with E-state index in [4.69, 9.17) is 12.2 Å². The van der Waals surface area contributed by atoms with Crippen molar-refractivity contribution >= 4 is 12.2 Å². The second kappa shape index (κ2) is 4.67.